The second-order valence-corrected chi connectivity index (χ2v) is 11.8. The Bertz CT molecular complexity index is 873. The van der Waals surface area contributed by atoms with Crippen molar-refractivity contribution in [2.75, 3.05) is 19.6 Å². The van der Waals surface area contributed by atoms with Crippen molar-refractivity contribution in [3.8, 4) is 0 Å². The van der Waals surface area contributed by atoms with Crippen LogP contribution >= 0.6 is 0 Å². The van der Waals surface area contributed by atoms with Crippen LogP contribution < -0.4 is 0 Å². The number of hydrogen-bond acceptors (Lipinski definition) is 4. The molecule has 0 N–H and O–H groups in total. The lowest BCUT2D eigenvalue weighted by Gasteiger charge is -2.43. The normalized spacial score (nSPS) is 28.1. The van der Waals surface area contributed by atoms with E-state index in [2.05, 4.69) is 0 Å². The summed E-state index contributed by atoms with van der Waals surface area (Å²) in [5.41, 5.74) is 0. The van der Waals surface area contributed by atoms with Gasteiger partial charge in [0, 0.05) is 25.7 Å². The minimum Gasteiger partial charge on any atom is -0.207 e. The van der Waals surface area contributed by atoms with Crippen LogP contribution in [0.2, 0.25) is 0 Å². The van der Waals surface area contributed by atoms with E-state index >= 15 is 0 Å². The van der Waals surface area contributed by atoms with Crippen LogP contribution in [-0.4, -0.2) is 51.1 Å². The van der Waals surface area contributed by atoms with Gasteiger partial charge in [0.15, 0.2) is 0 Å². The molecule has 2 aliphatic heterocycles. The Kier molecular flexibility index (Phi) is 5.35. The zero-order valence-electron chi connectivity index (χ0n) is 15.6. The molecule has 4 rings (SSSR count). The Labute approximate surface area is 162 Å². The molecule has 2 heterocycles. The molecule has 1 aromatic carbocycles. The van der Waals surface area contributed by atoms with Gasteiger partial charge in [-0.3, -0.25) is 0 Å². The molecule has 1 aliphatic carbocycles. The first-order valence-corrected chi connectivity index (χ1v) is 12.9. The molecule has 0 radical (unpaired) electrons. The lowest BCUT2D eigenvalue weighted by molar-refractivity contribution is 0.129. The minimum atomic E-state index is -3.59. The summed E-state index contributed by atoms with van der Waals surface area (Å²) < 4.78 is 54.9. The molecule has 27 heavy (non-hydrogen) atoms. The summed E-state index contributed by atoms with van der Waals surface area (Å²) in [6.07, 6.45) is 8.10. The van der Waals surface area contributed by atoms with Crippen LogP contribution in [0.1, 0.15) is 51.4 Å². The van der Waals surface area contributed by atoms with Crippen LogP contribution in [0.5, 0.6) is 0 Å². The van der Waals surface area contributed by atoms with Crippen molar-refractivity contribution >= 4 is 20.0 Å². The molecule has 2 saturated heterocycles. The highest BCUT2D eigenvalue weighted by molar-refractivity contribution is 7.89. The summed E-state index contributed by atoms with van der Waals surface area (Å²) in [5, 5.41) is 0. The zero-order valence-corrected chi connectivity index (χ0v) is 17.2. The van der Waals surface area contributed by atoms with Gasteiger partial charge in [-0.15, -0.1) is 0 Å². The SMILES string of the molecule is O=S(=O)(c1ccc(S(=O)(=O)N2CCC[C@@H]3CCCC[C@@H]32)cc1)N1CCCC1. The molecule has 2 atom stereocenters. The Morgan fingerprint density at radius 1 is 0.667 bits per heavy atom. The smallest absolute Gasteiger partial charge is 0.207 e. The average Bonchev–Trinajstić information content (AvgIpc) is 3.23. The van der Waals surface area contributed by atoms with Crippen molar-refractivity contribution in [1.29, 1.82) is 0 Å². The van der Waals surface area contributed by atoms with Crippen LogP contribution in [0.25, 0.3) is 0 Å². The van der Waals surface area contributed by atoms with Crippen LogP contribution in [-0.2, 0) is 20.0 Å². The highest BCUT2D eigenvalue weighted by Crippen LogP contribution is 2.38. The molecule has 3 aliphatic rings. The van der Waals surface area contributed by atoms with Gasteiger partial charge in [0.05, 0.1) is 9.79 Å². The third-order valence-corrected chi connectivity index (χ3v) is 10.2. The van der Waals surface area contributed by atoms with Gasteiger partial charge in [-0.25, -0.2) is 16.8 Å². The van der Waals surface area contributed by atoms with Crippen molar-refractivity contribution in [1.82, 2.24) is 8.61 Å². The Morgan fingerprint density at radius 3 is 1.89 bits per heavy atom. The topological polar surface area (TPSA) is 74.8 Å². The fourth-order valence-electron chi connectivity index (χ4n) is 4.87. The van der Waals surface area contributed by atoms with Gasteiger partial charge < -0.3 is 0 Å². The van der Waals surface area contributed by atoms with E-state index in [9.17, 15) is 16.8 Å². The summed E-state index contributed by atoms with van der Waals surface area (Å²) in [7, 11) is -7.11. The quantitative estimate of drug-likeness (QED) is 0.762. The Balaban J connectivity index is 1.59. The van der Waals surface area contributed by atoms with E-state index < -0.39 is 20.0 Å². The number of sulfonamides is 2. The molecule has 1 aromatic rings. The van der Waals surface area contributed by atoms with Crippen LogP contribution in [0.3, 0.4) is 0 Å². The summed E-state index contributed by atoms with van der Waals surface area (Å²) in [6.45, 7) is 1.65. The molecule has 0 unspecified atom stereocenters. The number of nitrogens with zero attached hydrogens (tertiary/aromatic N) is 2. The summed E-state index contributed by atoms with van der Waals surface area (Å²) in [4.78, 5) is 0.381. The van der Waals surface area contributed by atoms with Crippen LogP contribution in [0, 0.1) is 5.92 Å². The fourth-order valence-corrected chi connectivity index (χ4v) is 8.15. The minimum absolute atomic E-state index is 0.102. The molecule has 8 heteroatoms. The van der Waals surface area contributed by atoms with Crippen molar-refractivity contribution in [3.05, 3.63) is 24.3 Å². The molecule has 150 valence electrons. The molecule has 3 fully saturated rings. The standard InChI is InChI=1S/C19H28N2O4S2/c22-26(23,20-13-3-4-14-20)17-9-11-18(12-10-17)27(24,25)21-15-5-7-16-6-1-2-8-19(16)21/h9-12,16,19H,1-8,13-15H2/t16-,19-/m0/s1. The van der Waals surface area contributed by atoms with Crippen molar-refractivity contribution in [3.63, 3.8) is 0 Å². The van der Waals surface area contributed by atoms with Gasteiger partial charge in [-0.2, -0.15) is 8.61 Å². The van der Waals surface area contributed by atoms with E-state index in [4.69, 9.17) is 0 Å². The average molecular weight is 413 g/mol. The van der Waals surface area contributed by atoms with E-state index in [-0.39, 0.29) is 15.8 Å². The van der Waals surface area contributed by atoms with Gasteiger partial charge in [-0.05, 0) is 68.7 Å². The first-order chi connectivity index (χ1) is 12.9. The maximum atomic E-state index is 13.2. The highest BCUT2D eigenvalue weighted by atomic mass is 32.2. The van der Waals surface area contributed by atoms with Gasteiger partial charge in [-0.1, -0.05) is 12.8 Å². The molecule has 0 bridgehead atoms. The molecular formula is C19H28N2O4S2. The van der Waals surface area contributed by atoms with Gasteiger partial charge in [0.1, 0.15) is 0 Å². The third kappa shape index (κ3) is 3.57. The second kappa shape index (κ2) is 7.46. The lowest BCUT2D eigenvalue weighted by atomic mass is 9.79. The van der Waals surface area contributed by atoms with Crippen LogP contribution in [0.4, 0.5) is 0 Å². The van der Waals surface area contributed by atoms with E-state index in [1.165, 1.54) is 35.0 Å². The van der Waals surface area contributed by atoms with Gasteiger partial charge in [0.25, 0.3) is 0 Å². The van der Waals surface area contributed by atoms with Gasteiger partial charge >= 0.3 is 0 Å². The van der Waals surface area contributed by atoms with E-state index in [1.54, 1.807) is 4.31 Å². The first kappa shape index (κ1) is 19.4. The largest absolute Gasteiger partial charge is 0.243 e. The highest BCUT2D eigenvalue weighted by Gasteiger charge is 2.40. The molecule has 0 amide bonds. The molecular weight excluding hydrogens is 384 g/mol. The van der Waals surface area contributed by atoms with Crippen molar-refractivity contribution < 1.29 is 16.8 Å². The lowest BCUT2D eigenvalue weighted by Crippen LogP contribution is -2.49. The predicted molar refractivity (Wildman–Crippen MR) is 103 cm³/mol. The zero-order chi connectivity index (χ0) is 19.1. The molecule has 0 aromatic heterocycles. The number of piperidine rings is 1. The van der Waals surface area contributed by atoms with Crippen LogP contribution in [0.15, 0.2) is 34.1 Å². The predicted octanol–water partition coefficient (Wildman–Crippen LogP) is 2.81. The molecule has 0 spiro atoms. The van der Waals surface area contributed by atoms with Crippen molar-refractivity contribution in [2.24, 2.45) is 5.92 Å². The number of benzene rings is 1. The number of rotatable bonds is 4. The maximum Gasteiger partial charge on any atom is 0.243 e. The van der Waals surface area contributed by atoms with Crippen molar-refractivity contribution in [2.45, 2.75) is 67.2 Å². The number of hydrogen-bond donors (Lipinski definition) is 0. The van der Waals surface area contributed by atoms with E-state index in [0.29, 0.717) is 25.6 Å². The Hall–Kier alpha value is -0.960. The molecule has 1 saturated carbocycles. The third-order valence-electron chi connectivity index (χ3n) is 6.33. The van der Waals surface area contributed by atoms with E-state index in [1.807, 2.05) is 0 Å². The Morgan fingerprint density at radius 2 is 1.22 bits per heavy atom. The number of fused-ring (bicyclic) bond motifs is 1. The summed E-state index contributed by atoms with van der Waals surface area (Å²) >= 11 is 0. The van der Waals surface area contributed by atoms with E-state index in [0.717, 1.165) is 44.9 Å². The second-order valence-electron chi connectivity index (χ2n) is 7.95. The monoisotopic (exact) mass is 412 g/mol. The maximum absolute atomic E-state index is 13.2. The van der Waals surface area contributed by atoms with Gasteiger partial charge in [0.2, 0.25) is 20.0 Å². The summed E-state index contributed by atoms with van der Waals surface area (Å²) in [6, 6.07) is 5.92. The first-order valence-electron chi connectivity index (χ1n) is 10.0. The molecule has 6 nitrogen and oxygen atoms in total. The summed E-state index contributed by atoms with van der Waals surface area (Å²) in [5.74, 6) is 0.470. The fraction of sp³-hybridized carbons (Fsp3) is 0.684.